The standard InChI is InChI=1S/C17H9BrCl2O4S/c18-12-2-4-15-11(7-12)8-16(17(21)24-15)25(22,23)6-5-10-1-3-13(19)9-14(10)20/h1-9H/b6-5+. The van der Waals surface area contributed by atoms with Gasteiger partial charge in [0, 0.05) is 25.3 Å². The van der Waals surface area contributed by atoms with Crippen molar-refractivity contribution < 1.29 is 12.8 Å². The third-order valence-corrected chi connectivity index (χ3v) is 5.81. The second kappa shape index (κ2) is 6.96. The molecule has 8 heteroatoms. The van der Waals surface area contributed by atoms with Gasteiger partial charge in [0.2, 0.25) is 9.84 Å². The molecule has 0 unspecified atom stereocenters. The van der Waals surface area contributed by atoms with Crippen LogP contribution in [0.1, 0.15) is 5.56 Å². The summed E-state index contributed by atoms with van der Waals surface area (Å²) in [5.41, 5.74) is -0.166. The molecule has 0 atom stereocenters. The van der Waals surface area contributed by atoms with E-state index in [9.17, 15) is 13.2 Å². The lowest BCUT2D eigenvalue weighted by atomic mass is 10.2. The zero-order valence-corrected chi connectivity index (χ0v) is 16.3. The molecule has 0 fully saturated rings. The number of fused-ring (bicyclic) bond motifs is 1. The minimum Gasteiger partial charge on any atom is -0.422 e. The molecule has 0 amide bonds. The third kappa shape index (κ3) is 3.98. The summed E-state index contributed by atoms with van der Waals surface area (Å²) in [5.74, 6) is 0. The van der Waals surface area contributed by atoms with Crippen molar-refractivity contribution >= 4 is 66.0 Å². The fraction of sp³-hybridized carbons (Fsp3) is 0. The van der Waals surface area contributed by atoms with Crippen LogP contribution in [0.3, 0.4) is 0 Å². The molecule has 25 heavy (non-hydrogen) atoms. The Morgan fingerprint density at radius 1 is 1.04 bits per heavy atom. The van der Waals surface area contributed by atoms with Crippen LogP contribution in [0, 0.1) is 0 Å². The van der Waals surface area contributed by atoms with Gasteiger partial charge in [-0.3, -0.25) is 0 Å². The van der Waals surface area contributed by atoms with E-state index in [-0.39, 0.29) is 0 Å². The molecule has 1 heterocycles. The van der Waals surface area contributed by atoms with Gasteiger partial charge in [-0.15, -0.1) is 0 Å². The van der Waals surface area contributed by atoms with Crippen molar-refractivity contribution in [3.63, 3.8) is 0 Å². The second-order valence-electron chi connectivity index (χ2n) is 5.09. The monoisotopic (exact) mass is 458 g/mol. The van der Waals surface area contributed by atoms with E-state index >= 15 is 0 Å². The minimum atomic E-state index is -4.01. The summed E-state index contributed by atoms with van der Waals surface area (Å²) in [5, 5.41) is 2.14. The quantitative estimate of drug-likeness (QED) is 0.498. The number of hydrogen-bond acceptors (Lipinski definition) is 4. The molecule has 0 bridgehead atoms. The Morgan fingerprint density at radius 3 is 2.52 bits per heavy atom. The van der Waals surface area contributed by atoms with Crippen molar-refractivity contribution in [3.8, 4) is 0 Å². The van der Waals surface area contributed by atoms with Crippen LogP contribution >= 0.6 is 39.1 Å². The lowest BCUT2D eigenvalue weighted by Crippen LogP contribution is -2.11. The maximum atomic E-state index is 12.5. The van der Waals surface area contributed by atoms with Crippen LogP contribution in [-0.4, -0.2) is 8.42 Å². The first kappa shape index (κ1) is 18.2. The zero-order chi connectivity index (χ0) is 18.2. The van der Waals surface area contributed by atoms with Crippen molar-refractivity contribution in [2.24, 2.45) is 0 Å². The van der Waals surface area contributed by atoms with E-state index in [1.54, 1.807) is 30.3 Å². The van der Waals surface area contributed by atoms with Crippen molar-refractivity contribution in [2.75, 3.05) is 0 Å². The summed E-state index contributed by atoms with van der Waals surface area (Å²) < 4.78 is 30.8. The predicted molar refractivity (Wildman–Crippen MR) is 103 cm³/mol. The summed E-state index contributed by atoms with van der Waals surface area (Å²) in [6.45, 7) is 0. The molecule has 0 saturated heterocycles. The molecule has 2 aromatic carbocycles. The van der Waals surface area contributed by atoms with Gasteiger partial charge in [0.1, 0.15) is 5.58 Å². The normalized spacial score (nSPS) is 12.1. The average Bonchev–Trinajstić information content (AvgIpc) is 2.53. The molecule has 3 rings (SSSR count). The Kier molecular flexibility index (Phi) is 5.06. The highest BCUT2D eigenvalue weighted by Crippen LogP contribution is 2.24. The molecule has 0 saturated carbocycles. The van der Waals surface area contributed by atoms with E-state index in [2.05, 4.69) is 15.9 Å². The maximum Gasteiger partial charge on any atom is 0.355 e. The number of benzene rings is 2. The first-order valence-corrected chi connectivity index (χ1v) is 9.97. The fourth-order valence-corrected chi connectivity index (χ4v) is 4.03. The van der Waals surface area contributed by atoms with Crippen molar-refractivity contribution in [3.05, 3.63) is 78.4 Å². The SMILES string of the molecule is O=c1oc2ccc(Br)cc2cc1S(=O)(=O)/C=C/c1ccc(Cl)cc1Cl. The molecule has 0 spiro atoms. The largest absolute Gasteiger partial charge is 0.422 e. The van der Waals surface area contributed by atoms with Crippen LogP contribution in [0.15, 0.2) is 66.5 Å². The minimum absolute atomic E-state index is 0.299. The molecule has 0 aliphatic carbocycles. The fourth-order valence-electron chi connectivity index (χ4n) is 2.15. The summed E-state index contributed by atoms with van der Waals surface area (Å²) in [4.78, 5) is 11.6. The van der Waals surface area contributed by atoms with E-state index in [0.717, 1.165) is 9.88 Å². The van der Waals surface area contributed by atoms with Gasteiger partial charge in [0.05, 0.1) is 0 Å². The van der Waals surface area contributed by atoms with Crippen LogP contribution in [0.25, 0.3) is 17.0 Å². The van der Waals surface area contributed by atoms with Gasteiger partial charge in [-0.1, -0.05) is 45.2 Å². The van der Waals surface area contributed by atoms with Gasteiger partial charge in [-0.2, -0.15) is 0 Å². The van der Waals surface area contributed by atoms with Crippen molar-refractivity contribution in [1.29, 1.82) is 0 Å². The van der Waals surface area contributed by atoms with E-state index in [1.165, 1.54) is 18.2 Å². The van der Waals surface area contributed by atoms with Gasteiger partial charge in [0.15, 0.2) is 4.90 Å². The zero-order valence-electron chi connectivity index (χ0n) is 12.4. The van der Waals surface area contributed by atoms with Gasteiger partial charge in [-0.25, -0.2) is 13.2 Å². The Hall–Kier alpha value is -1.60. The third-order valence-electron chi connectivity index (χ3n) is 3.36. The lowest BCUT2D eigenvalue weighted by molar-refractivity contribution is 0.534. The summed E-state index contributed by atoms with van der Waals surface area (Å²) in [7, 11) is -4.01. The summed E-state index contributed by atoms with van der Waals surface area (Å²) >= 11 is 15.1. The highest BCUT2D eigenvalue weighted by atomic mass is 79.9. The number of rotatable bonds is 3. The van der Waals surface area contributed by atoms with E-state index in [0.29, 0.717) is 26.6 Å². The molecule has 0 N–H and O–H groups in total. The molecule has 3 aromatic rings. The molecule has 1 aromatic heterocycles. The summed E-state index contributed by atoms with van der Waals surface area (Å²) in [6.07, 6.45) is 1.30. The van der Waals surface area contributed by atoms with Gasteiger partial charge < -0.3 is 4.42 Å². The molecule has 4 nitrogen and oxygen atoms in total. The number of sulfone groups is 1. The van der Waals surface area contributed by atoms with E-state index < -0.39 is 20.4 Å². The number of hydrogen-bond donors (Lipinski definition) is 0. The van der Waals surface area contributed by atoms with Gasteiger partial charge in [-0.05, 0) is 48.0 Å². The second-order valence-corrected chi connectivity index (χ2v) is 8.66. The smallest absolute Gasteiger partial charge is 0.355 e. The molecular formula is C17H9BrCl2O4S. The summed E-state index contributed by atoms with van der Waals surface area (Å²) in [6, 6.07) is 10.9. The molecule has 128 valence electrons. The van der Waals surface area contributed by atoms with E-state index in [1.807, 2.05) is 0 Å². The van der Waals surface area contributed by atoms with Crippen LogP contribution in [0.5, 0.6) is 0 Å². The van der Waals surface area contributed by atoms with E-state index in [4.69, 9.17) is 27.6 Å². The number of halogens is 3. The van der Waals surface area contributed by atoms with Crippen LogP contribution in [-0.2, 0) is 9.84 Å². The first-order chi connectivity index (χ1) is 11.8. The first-order valence-electron chi connectivity index (χ1n) is 6.88. The average molecular weight is 460 g/mol. The Labute approximate surface area is 161 Å². The molecule has 0 radical (unpaired) electrons. The maximum absolute atomic E-state index is 12.5. The van der Waals surface area contributed by atoms with Gasteiger partial charge in [0.25, 0.3) is 0 Å². The highest BCUT2D eigenvalue weighted by molar-refractivity contribution is 9.10. The Bertz CT molecular complexity index is 1170. The van der Waals surface area contributed by atoms with Crippen LogP contribution in [0.2, 0.25) is 10.0 Å². The van der Waals surface area contributed by atoms with Crippen molar-refractivity contribution in [1.82, 2.24) is 0 Å². The van der Waals surface area contributed by atoms with Crippen LogP contribution < -0.4 is 5.63 Å². The Morgan fingerprint density at radius 2 is 1.80 bits per heavy atom. The van der Waals surface area contributed by atoms with Gasteiger partial charge >= 0.3 is 5.63 Å². The van der Waals surface area contributed by atoms with Crippen molar-refractivity contribution in [2.45, 2.75) is 4.90 Å². The lowest BCUT2D eigenvalue weighted by Gasteiger charge is -2.02. The molecular weight excluding hydrogens is 451 g/mol. The Balaban J connectivity index is 2.07. The molecule has 0 aliphatic rings. The van der Waals surface area contributed by atoms with Crippen LogP contribution in [0.4, 0.5) is 0 Å². The topological polar surface area (TPSA) is 64.3 Å². The predicted octanol–water partition coefficient (Wildman–Crippen LogP) is 5.31. The molecule has 0 aliphatic heterocycles. The highest BCUT2D eigenvalue weighted by Gasteiger charge is 2.18.